The predicted octanol–water partition coefficient (Wildman–Crippen LogP) is 3.58. The highest BCUT2D eigenvalue weighted by Gasteiger charge is 2.13. The molecule has 0 radical (unpaired) electrons. The number of nitrogens with one attached hydrogen (secondary N) is 2. The van der Waals surface area contributed by atoms with Crippen molar-refractivity contribution < 1.29 is 4.79 Å². The molecular weight excluding hydrogens is 284 g/mol. The van der Waals surface area contributed by atoms with E-state index in [1.54, 1.807) is 12.1 Å². The molecule has 0 aliphatic rings. The summed E-state index contributed by atoms with van der Waals surface area (Å²) in [5.41, 5.74) is 8.75. The second-order valence-electron chi connectivity index (χ2n) is 5.18. The molecule has 0 fully saturated rings. The number of anilines is 2. The molecule has 3 aromatic rings. The van der Waals surface area contributed by atoms with Gasteiger partial charge >= 0.3 is 0 Å². The number of nitrogens with zero attached hydrogens (tertiary/aromatic N) is 1. The maximum Gasteiger partial charge on any atom is 0.273 e. The van der Waals surface area contributed by atoms with Crippen molar-refractivity contribution in [1.82, 2.24) is 9.97 Å². The third kappa shape index (κ3) is 2.62. The van der Waals surface area contributed by atoms with E-state index < -0.39 is 0 Å². The molecular formula is C15H16N4OS. The van der Waals surface area contributed by atoms with Crippen molar-refractivity contribution in [2.45, 2.75) is 19.8 Å². The Balaban J connectivity index is 1.84. The second kappa shape index (κ2) is 5.21. The van der Waals surface area contributed by atoms with Gasteiger partial charge in [-0.3, -0.25) is 10.1 Å². The summed E-state index contributed by atoms with van der Waals surface area (Å²) in [6.45, 7) is 4.14. The Morgan fingerprint density at radius 2 is 2.24 bits per heavy atom. The second-order valence-corrected chi connectivity index (χ2v) is 6.04. The van der Waals surface area contributed by atoms with Crippen LogP contribution in [0.4, 0.5) is 10.8 Å². The van der Waals surface area contributed by atoms with Crippen molar-refractivity contribution in [2.24, 2.45) is 0 Å². The molecule has 0 aliphatic carbocycles. The number of nitrogens with two attached hydrogens (primary N) is 1. The summed E-state index contributed by atoms with van der Waals surface area (Å²) in [5.74, 6) is 0.134. The van der Waals surface area contributed by atoms with Crippen LogP contribution in [0.5, 0.6) is 0 Å². The van der Waals surface area contributed by atoms with Gasteiger partial charge in [0, 0.05) is 10.8 Å². The van der Waals surface area contributed by atoms with Crippen molar-refractivity contribution in [3.05, 3.63) is 41.0 Å². The largest absolute Gasteiger partial charge is 0.397 e. The molecule has 21 heavy (non-hydrogen) atoms. The fourth-order valence-corrected chi connectivity index (χ4v) is 2.94. The zero-order valence-corrected chi connectivity index (χ0v) is 12.6. The number of nitrogen functional groups attached to an aromatic ring is 1. The number of hydrogen-bond donors (Lipinski definition) is 3. The van der Waals surface area contributed by atoms with Crippen LogP contribution in [0.2, 0.25) is 0 Å². The van der Waals surface area contributed by atoms with Crippen molar-refractivity contribution in [3.8, 4) is 0 Å². The summed E-state index contributed by atoms with van der Waals surface area (Å²) in [7, 11) is 0. The van der Waals surface area contributed by atoms with Gasteiger partial charge in [0.2, 0.25) is 0 Å². The SMILES string of the molecule is CC(C)c1csc(NC(=O)c2cc3cccc(N)c3[nH]2)n1. The molecule has 108 valence electrons. The number of carbonyl (C=O) groups is 1. The Hall–Kier alpha value is -2.34. The molecule has 2 aromatic heterocycles. The monoisotopic (exact) mass is 300 g/mol. The van der Waals surface area contributed by atoms with Gasteiger partial charge in [0.15, 0.2) is 5.13 Å². The third-order valence-electron chi connectivity index (χ3n) is 3.27. The first-order valence-electron chi connectivity index (χ1n) is 6.68. The van der Waals surface area contributed by atoms with E-state index in [2.05, 4.69) is 29.1 Å². The lowest BCUT2D eigenvalue weighted by molar-refractivity contribution is 0.102. The Labute approximate surface area is 126 Å². The van der Waals surface area contributed by atoms with Gasteiger partial charge < -0.3 is 10.7 Å². The van der Waals surface area contributed by atoms with Gasteiger partial charge in [0.05, 0.1) is 16.9 Å². The number of rotatable bonds is 3. The van der Waals surface area contributed by atoms with E-state index in [0.29, 0.717) is 22.4 Å². The van der Waals surface area contributed by atoms with Crippen molar-refractivity contribution in [3.63, 3.8) is 0 Å². The average Bonchev–Trinajstić information content (AvgIpc) is 3.05. The third-order valence-corrected chi connectivity index (χ3v) is 4.04. The molecule has 5 nitrogen and oxygen atoms in total. The lowest BCUT2D eigenvalue weighted by atomic mass is 10.2. The molecule has 0 unspecified atom stereocenters. The Morgan fingerprint density at radius 1 is 1.43 bits per heavy atom. The summed E-state index contributed by atoms with van der Waals surface area (Å²) in [4.78, 5) is 19.7. The van der Waals surface area contributed by atoms with Gasteiger partial charge in [-0.15, -0.1) is 11.3 Å². The number of thiazole rings is 1. The molecule has 1 amide bonds. The molecule has 0 aliphatic heterocycles. The number of aromatic amines is 1. The van der Waals surface area contributed by atoms with Gasteiger partial charge in [-0.25, -0.2) is 4.98 Å². The number of benzene rings is 1. The number of para-hydroxylation sites is 1. The standard InChI is InChI=1S/C15H16N4OS/c1-8(2)12-7-21-15(18-12)19-14(20)11-6-9-4-3-5-10(16)13(9)17-11/h3-8,17H,16H2,1-2H3,(H,18,19,20). The molecule has 4 N–H and O–H groups in total. The quantitative estimate of drug-likeness (QED) is 0.646. The van der Waals surface area contributed by atoms with E-state index in [-0.39, 0.29) is 5.91 Å². The van der Waals surface area contributed by atoms with E-state index in [1.807, 2.05) is 17.5 Å². The van der Waals surface area contributed by atoms with Crippen LogP contribution in [0.3, 0.4) is 0 Å². The summed E-state index contributed by atoms with van der Waals surface area (Å²) in [5, 5.41) is 6.30. The maximum atomic E-state index is 12.3. The van der Waals surface area contributed by atoms with Crippen LogP contribution in [0, 0.1) is 0 Å². The molecule has 6 heteroatoms. The predicted molar refractivity (Wildman–Crippen MR) is 86.9 cm³/mol. The molecule has 2 heterocycles. The van der Waals surface area contributed by atoms with E-state index >= 15 is 0 Å². The first-order chi connectivity index (χ1) is 10.0. The number of H-pyrrole nitrogens is 1. The van der Waals surface area contributed by atoms with Gasteiger partial charge in [0.1, 0.15) is 5.69 Å². The number of carbonyl (C=O) groups excluding carboxylic acids is 1. The number of aromatic nitrogens is 2. The van der Waals surface area contributed by atoms with Gasteiger partial charge in [-0.05, 0) is 18.1 Å². The van der Waals surface area contributed by atoms with Crippen LogP contribution in [0.1, 0.15) is 35.9 Å². The van der Waals surface area contributed by atoms with Crippen LogP contribution in [-0.4, -0.2) is 15.9 Å². The normalized spacial score (nSPS) is 11.2. The highest BCUT2D eigenvalue weighted by Crippen LogP contribution is 2.24. The number of fused-ring (bicyclic) bond motifs is 1. The highest BCUT2D eigenvalue weighted by molar-refractivity contribution is 7.14. The van der Waals surface area contributed by atoms with Crippen LogP contribution in [-0.2, 0) is 0 Å². The Morgan fingerprint density at radius 3 is 2.90 bits per heavy atom. The van der Waals surface area contributed by atoms with Crippen molar-refractivity contribution in [1.29, 1.82) is 0 Å². The summed E-state index contributed by atoms with van der Waals surface area (Å²) in [6.07, 6.45) is 0. The van der Waals surface area contributed by atoms with Crippen LogP contribution in [0.15, 0.2) is 29.6 Å². The first kappa shape index (κ1) is 13.6. The highest BCUT2D eigenvalue weighted by atomic mass is 32.1. The lowest BCUT2D eigenvalue weighted by Crippen LogP contribution is -2.12. The fraction of sp³-hybridized carbons (Fsp3) is 0.200. The van der Waals surface area contributed by atoms with E-state index in [4.69, 9.17) is 5.73 Å². The van der Waals surface area contributed by atoms with Gasteiger partial charge in [-0.2, -0.15) is 0 Å². The average molecular weight is 300 g/mol. The molecule has 0 spiro atoms. The molecule has 0 saturated heterocycles. The van der Waals surface area contributed by atoms with Gasteiger partial charge in [-0.1, -0.05) is 26.0 Å². The zero-order valence-electron chi connectivity index (χ0n) is 11.8. The molecule has 1 aromatic carbocycles. The van der Waals surface area contributed by atoms with Crippen LogP contribution < -0.4 is 11.1 Å². The first-order valence-corrected chi connectivity index (χ1v) is 7.56. The maximum absolute atomic E-state index is 12.3. The van der Waals surface area contributed by atoms with Crippen LogP contribution in [0.25, 0.3) is 10.9 Å². The minimum Gasteiger partial charge on any atom is -0.397 e. The topological polar surface area (TPSA) is 83.8 Å². The van der Waals surface area contributed by atoms with E-state index in [0.717, 1.165) is 16.6 Å². The van der Waals surface area contributed by atoms with Crippen molar-refractivity contribution in [2.75, 3.05) is 11.1 Å². The minimum absolute atomic E-state index is 0.213. The zero-order chi connectivity index (χ0) is 15.0. The van der Waals surface area contributed by atoms with Crippen LogP contribution >= 0.6 is 11.3 Å². The summed E-state index contributed by atoms with van der Waals surface area (Å²) < 4.78 is 0. The Bertz CT molecular complexity index is 803. The number of amides is 1. The number of hydrogen-bond acceptors (Lipinski definition) is 4. The molecule has 0 atom stereocenters. The summed E-state index contributed by atoms with van der Waals surface area (Å²) in [6, 6.07) is 7.37. The van der Waals surface area contributed by atoms with E-state index in [1.165, 1.54) is 11.3 Å². The molecule has 3 rings (SSSR count). The van der Waals surface area contributed by atoms with E-state index in [9.17, 15) is 4.79 Å². The lowest BCUT2D eigenvalue weighted by Gasteiger charge is -2.00. The smallest absolute Gasteiger partial charge is 0.273 e. The van der Waals surface area contributed by atoms with Crippen molar-refractivity contribution >= 4 is 39.0 Å². The molecule has 0 saturated carbocycles. The summed E-state index contributed by atoms with van der Waals surface area (Å²) >= 11 is 1.43. The minimum atomic E-state index is -0.213. The van der Waals surface area contributed by atoms with Gasteiger partial charge in [0.25, 0.3) is 5.91 Å². The fourth-order valence-electron chi connectivity index (χ4n) is 2.08. The molecule has 0 bridgehead atoms. The Kier molecular flexibility index (Phi) is 3.39.